The summed E-state index contributed by atoms with van der Waals surface area (Å²) < 4.78 is 16.6. The van der Waals surface area contributed by atoms with E-state index in [0.717, 1.165) is 5.56 Å². The minimum Gasteiger partial charge on any atom is -0.308 e. The van der Waals surface area contributed by atoms with Crippen LogP contribution in [0.15, 0.2) is 57.9 Å². The normalized spacial score (nSPS) is 10.7. The fourth-order valence-electron chi connectivity index (χ4n) is 2.26. The zero-order valence-corrected chi connectivity index (χ0v) is 16.1. The zero-order valence-electron chi connectivity index (χ0n) is 12.9. The van der Waals surface area contributed by atoms with Crippen molar-refractivity contribution < 1.29 is 9.18 Å². The Hall–Kier alpha value is -2.06. The summed E-state index contributed by atoms with van der Waals surface area (Å²) in [6.07, 6.45) is 3.51. The third kappa shape index (κ3) is 4.52. The van der Waals surface area contributed by atoms with Crippen LogP contribution in [0.3, 0.4) is 0 Å². The van der Waals surface area contributed by atoms with Crippen LogP contribution < -0.4 is 5.32 Å². The molecule has 128 valence electrons. The summed E-state index contributed by atoms with van der Waals surface area (Å²) in [6.45, 7) is 0.273. The molecule has 2 aromatic heterocycles. The van der Waals surface area contributed by atoms with Crippen molar-refractivity contribution in [3.05, 3.63) is 74.8 Å². The number of rotatable bonds is 5. The molecule has 25 heavy (non-hydrogen) atoms. The molecule has 0 bridgehead atoms. The van der Waals surface area contributed by atoms with Crippen molar-refractivity contribution in [1.29, 1.82) is 0 Å². The molecule has 0 spiro atoms. The van der Waals surface area contributed by atoms with Crippen molar-refractivity contribution in [1.82, 2.24) is 14.8 Å². The van der Waals surface area contributed by atoms with Gasteiger partial charge in [0.15, 0.2) is 5.82 Å². The van der Waals surface area contributed by atoms with Crippen molar-refractivity contribution in [2.45, 2.75) is 13.0 Å². The molecule has 0 saturated heterocycles. The van der Waals surface area contributed by atoms with E-state index < -0.39 is 0 Å². The Labute approximate surface area is 160 Å². The molecule has 0 saturated carbocycles. The first-order chi connectivity index (χ1) is 12.0. The molecule has 1 aromatic carbocycles. The Bertz CT molecular complexity index is 913. The average molecular weight is 468 g/mol. The molecule has 0 aliphatic heterocycles. The minimum atomic E-state index is -0.291. The maximum Gasteiger partial charge on any atom is 0.230 e. The zero-order chi connectivity index (χ0) is 17.8. The van der Waals surface area contributed by atoms with Gasteiger partial charge in [-0.3, -0.25) is 9.48 Å². The van der Waals surface area contributed by atoms with Crippen LogP contribution >= 0.6 is 31.9 Å². The molecule has 1 amide bonds. The largest absolute Gasteiger partial charge is 0.308 e. The summed E-state index contributed by atoms with van der Waals surface area (Å²) in [5.74, 6) is -0.118. The number of nitrogens with one attached hydrogen (secondary N) is 1. The van der Waals surface area contributed by atoms with Crippen LogP contribution in [0.5, 0.6) is 0 Å². The summed E-state index contributed by atoms with van der Waals surface area (Å²) in [4.78, 5) is 16.3. The molecule has 0 radical (unpaired) electrons. The molecular formula is C17H13Br2FN4O. The van der Waals surface area contributed by atoms with E-state index in [-0.39, 0.29) is 24.7 Å². The Morgan fingerprint density at radius 1 is 1.16 bits per heavy atom. The smallest absolute Gasteiger partial charge is 0.230 e. The first-order valence-corrected chi connectivity index (χ1v) is 8.97. The monoisotopic (exact) mass is 466 g/mol. The number of carbonyl (C=O) groups is 1. The third-order valence-electron chi connectivity index (χ3n) is 3.45. The van der Waals surface area contributed by atoms with Gasteiger partial charge in [0.1, 0.15) is 10.4 Å². The number of aromatic nitrogens is 3. The lowest BCUT2D eigenvalue weighted by Crippen LogP contribution is -2.16. The molecule has 0 atom stereocenters. The van der Waals surface area contributed by atoms with Crippen LogP contribution in [0, 0.1) is 5.82 Å². The van der Waals surface area contributed by atoms with Gasteiger partial charge in [0, 0.05) is 18.0 Å². The fraction of sp³-hybridized carbons (Fsp3) is 0.118. The number of halogens is 3. The van der Waals surface area contributed by atoms with Gasteiger partial charge in [0.2, 0.25) is 5.91 Å². The van der Waals surface area contributed by atoms with Gasteiger partial charge in [-0.1, -0.05) is 24.3 Å². The topological polar surface area (TPSA) is 59.8 Å². The highest BCUT2D eigenvalue weighted by molar-refractivity contribution is 9.10. The van der Waals surface area contributed by atoms with E-state index in [1.807, 2.05) is 6.07 Å². The number of pyridine rings is 1. The van der Waals surface area contributed by atoms with Crippen molar-refractivity contribution in [2.24, 2.45) is 0 Å². The van der Waals surface area contributed by atoms with E-state index in [4.69, 9.17) is 0 Å². The molecule has 0 unspecified atom stereocenters. The second-order valence-electron chi connectivity index (χ2n) is 5.29. The lowest BCUT2D eigenvalue weighted by atomic mass is 10.2. The molecule has 3 aromatic rings. The van der Waals surface area contributed by atoms with Gasteiger partial charge < -0.3 is 5.32 Å². The Balaban J connectivity index is 1.69. The van der Waals surface area contributed by atoms with Crippen LogP contribution in [-0.4, -0.2) is 20.7 Å². The van der Waals surface area contributed by atoms with Crippen LogP contribution in [0.2, 0.25) is 0 Å². The predicted octanol–water partition coefficient (Wildman–Crippen LogP) is 4.17. The van der Waals surface area contributed by atoms with Gasteiger partial charge >= 0.3 is 0 Å². The van der Waals surface area contributed by atoms with Crippen LogP contribution in [0.4, 0.5) is 10.2 Å². The van der Waals surface area contributed by atoms with E-state index in [1.54, 1.807) is 41.3 Å². The first kappa shape index (κ1) is 17.8. The lowest BCUT2D eigenvalue weighted by molar-refractivity contribution is -0.115. The van der Waals surface area contributed by atoms with Crippen LogP contribution in [-0.2, 0) is 17.8 Å². The fourth-order valence-corrected chi connectivity index (χ4v) is 3.07. The van der Waals surface area contributed by atoms with E-state index in [1.165, 1.54) is 6.07 Å². The Morgan fingerprint density at radius 2 is 1.92 bits per heavy atom. The number of nitrogens with zero attached hydrogens (tertiary/aromatic N) is 3. The van der Waals surface area contributed by atoms with Crippen LogP contribution in [0.1, 0.15) is 11.1 Å². The van der Waals surface area contributed by atoms with Crippen molar-refractivity contribution in [3.63, 3.8) is 0 Å². The van der Waals surface area contributed by atoms with Gasteiger partial charge in [0.25, 0.3) is 0 Å². The summed E-state index contributed by atoms with van der Waals surface area (Å²) in [7, 11) is 0. The highest BCUT2D eigenvalue weighted by Crippen LogP contribution is 2.22. The van der Waals surface area contributed by atoms with Crippen LogP contribution in [0.25, 0.3) is 0 Å². The second-order valence-corrected chi connectivity index (χ2v) is 6.90. The molecule has 0 aliphatic rings. The van der Waals surface area contributed by atoms with Gasteiger partial charge in [-0.25, -0.2) is 9.37 Å². The Kier molecular flexibility index (Phi) is 5.60. The number of amides is 1. The number of anilines is 1. The summed E-state index contributed by atoms with van der Waals surface area (Å²) in [6, 6.07) is 10.1. The van der Waals surface area contributed by atoms with Gasteiger partial charge in [-0.15, -0.1) is 0 Å². The molecule has 2 heterocycles. The van der Waals surface area contributed by atoms with Gasteiger partial charge in [0.05, 0.1) is 17.4 Å². The van der Waals surface area contributed by atoms with E-state index >= 15 is 0 Å². The first-order valence-electron chi connectivity index (χ1n) is 7.38. The van der Waals surface area contributed by atoms with E-state index in [9.17, 15) is 9.18 Å². The Morgan fingerprint density at radius 3 is 2.68 bits per heavy atom. The lowest BCUT2D eigenvalue weighted by Gasteiger charge is -2.05. The molecule has 0 aliphatic carbocycles. The van der Waals surface area contributed by atoms with E-state index in [0.29, 0.717) is 20.5 Å². The van der Waals surface area contributed by atoms with Crippen molar-refractivity contribution >= 4 is 43.6 Å². The van der Waals surface area contributed by atoms with E-state index in [2.05, 4.69) is 47.3 Å². The second kappa shape index (κ2) is 7.88. The quantitative estimate of drug-likeness (QED) is 0.573. The number of benzene rings is 1. The van der Waals surface area contributed by atoms with Crippen molar-refractivity contribution in [2.75, 3.05) is 5.32 Å². The minimum absolute atomic E-state index is 0.168. The van der Waals surface area contributed by atoms with Gasteiger partial charge in [-0.2, -0.15) is 5.10 Å². The molecule has 1 N–H and O–H groups in total. The molecule has 3 rings (SSSR count). The third-order valence-corrected chi connectivity index (χ3v) is 4.75. The number of carbonyl (C=O) groups excluding carboxylic acids is 1. The number of hydrogen-bond acceptors (Lipinski definition) is 3. The molecule has 8 heteroatoms. The number of hydrogen-bond donors (Lipinski definition) is 1. The summed E-state index contributed by atoms with van der Waals surface area (Å²) in [5.41, 5.74) is 1.30. The summed E-state index contributed by atoms with van der Waals surface area (Å²) in [5, 5.41) is 7.04. The standard InChI is InChI=1S/C17H13Br2FN4O/c18-13-10-24(9-12-4-1-2-6-14(12)20)23-17(13)22-15(25)8-11-5-3-7-21-16(11)19/h1-7,10H,8-9H2,(H,22,23,25). The van der Waals surface area contributed by atoms with Crippen molar-refractivity contribution in [3.8, 4) is 0 Å². The maximum absolute atomic E-state index is 13.7. The summed E-state index contributed by atoms with van der Waals surface area (Å²) >= 11 is 6.68. The van der Waals surface area contributed by atoms with Gasteiger partial charge in [-0.05, 0) is 49.6 Å². The molecular weight excluding hydrogens is 455 g/mol. The SMILES string of the molecule is O=C(Cc1cccnc1Br)Nc1nn(Cc2ccccc2F)cc1Br. The predicted molar refractivity (Wildman–Crippen MR) is 99.7 cm³/mol. The molecule has 0 fully saturated rings. The molecule has 5 nitrogen and oxygen atoms in total. The maximum atomic E-state index is 13.7. The highest BCUT2D eigenvalue weighted by Gasteiger charge is 2.13. The average Bonchev–Trinajstić information content (AvgIpc) is 2.91. The highest BCUT2D eigenvalue weighted by atomic mass is 79.9.